The van der Waals surface area contributed by atoms with Gasteiger partial charge in [0.05, 0.1) is 10.9 Å². The topological polar surface area (TPSA) is 16.4 Å². The maximum Gasteiger partial charge on any atom is 0.143 e. The molecule has 0 aliphatic heterocycles. The number of allylic oxidation sites excluding steroid dienone is 10. The lowest BCUT2D eigenvalue weighted by atomic mass is 9.67. The third-order valence-electron chi connectivity index (χ3n) is 12.4. The Labute approximate surface area is 386 Å². The molecular weight excluding hydrogens is 787 g/mol. The van der Waals surface area contributed by atoms with E-state index in [4.69, 9.17) is 7.16 Å². The van der Waals surface area contributed by atoms with E-state index in [1.807, 2.05) is 97.2 Å². The Hall–Kier alpha value is -8.46. The van der Waals surface area contributed by atoms with Crippen molar-refractivity contribution in [2.45, 2.75) is 5.41 Å². The molecule has 0 radical (unpaired) electrons. The van der Waals surface area contributed by atoms with E-state index in [9.17, 15) is 2.74 Å². The average Bonchev–Trinajstić information content (AvgIpc) is 3.93. The van der Waals surface area contributed by atoms with E-state index >= 15 is 0 Å². The minimum atomic E-state index is -0.787. The van der Waals surface area contributed by atoms with Crippen LogP contribution in [0.4, 0.5) is 0 Å². The number of benzene rings is 8. The van der Waals surface area contributed by atoms with Gasteiger partial charge >= 0.3 is 0 Å². The van der Waals surface area contributed by atoms with Crippen molar-refractivity contribution in [3.63, 3.8) is 0 Å². The quantitative estimate of drug-likeness (QED) is 0.0850. The van der Waals surface area contributed by atoms with Crippen LogP contribution in [0.2, 0.25) is 0 Å². The predicted molar refractivity (Wildman–Crippen MR) is 277 cm³/mol. The molecule has 9 aromatic rings. The molecule has 0 N–H and O–H groups in total. The molecule has 0 saturated heterocycles. The first-order chi connectivity index (χ1) is 33.9. The van der Waals surface area contributed by atoms with Crippen LogP contribution in [0.3, 0.4) is 0 Å². The van der Waals surface area contributed by atoms with Gasteiger partial charge in [-0.3, -0.25) is 0 Å². The molecule has 1 heterocycles. The summed E-state index contributed by atoms with van der Waals surface area (Å²) in [4.78, 5) is 1.77. The van der Waals surface area contributed by atoms with Crippen molar-refractivity contribution in [1.29, 1.82) is 0 Å². The molecule has 2 heteroatoms. The summed E-state index contributed by atoms with van der Waals surface area (Å²) >= 11 is 0. The molecule has 0 fully saturated rings. The normalized spacial score (nSPS) is 15.6. The van der Waals surface area contributed by atoms with Crippen molar-refractivity contribution < 1.29 is 9.90 Å². The van der Waals surface area contributed by atoms with Crippen molar-refractivity contribution in [2.24, 2.45) is 0 Å². The molecule has 0 spiro atoms. The van der Waals surface area contributed by atoms with Gasteiger partial charge in [0, 0.05) is 33.9 Å². The van der Waals surface area contributed by atoms with Crippen molar-refractivity contribution >= 4 is 60.7 Å². The number of para-hydroxylation sites is 2. The number of furan rings is 1. The summed E-state index contributed by atoms with van der Waals surface area (Å²) in [6.45, 7) is 10.7. The Morgan fingerprint density at radius 2 is 1.28 bits per heavy atom. The van der Waals surface area contributed by atoms with Crippen LogP contribution in [0.1, 0.15) is 38.9 Å². The lowest BCUT2D eigenvalue weighted by Crippen LogP contribution is -2.29. The zero-order valence-corrected chi connectivity index (χ0v) is 35.8. The van der Waals surface area contributed by atoms with E-state index in [1.54, 1.807) is 11.0 Å². The Morgan fingerprint density at radius 1 is 0.615 bits per heavy atom. The fourth-order valence-electron chi connectivity index (χ4n) is 9.54. The fourth-order valence-corrected chi connectivity index (χ4v) is 9.54. The molecular formula is C63H47NO. The highest BCUT2D eigenvalue weighted by atomic mass is 16.3. The molecule has 310 valence electrons. The van der Waals surface area contributed by atoms with Crippen LogP contribution in [-0.4, -0.2) is 4.90 Å². The summed E-state index contributed by atoms with van der Waals surface area (Å²) in [6, 6.07) is 61.1. The summed E-state index contributed by atoms with van der Waals surface area (Å²) in [5, 5.41) is 6.21. The fraction of sp³-hybridized carbons (Fsp3) is 0.0159. The van der Waals surface area contributed by atoms with E-state index in [2.05, 4.69) is 135 Å². The van der Waals surface area contributed by atoms with Crippen LogP contribution >= 0.6 is 0 Å². The molecule has 0 amide bonds. The standard InChI is InChI=1S/C63H47NO/c1-5-22-50(40-39-47-43-46-23-13-14-28-53(46)55-30-16-15-29-54(47)55)64(45(4)38-37-44(3)52-33-21-34-58-57-32-18-20-36-61(57)65-62(52)58)42-41-60-51(6-2)56-31-17-19-35-59(56)63(60,48-24-9-7-10-25-48)49-26-11-8-12-27-49/h5-43H,1-4H2/b38-37-,40-39+,42-41+,50-22+/i3D,4D,37D,38D/b38-37-,40-39+,42-41+,44-3?,45-4?,50-22+. The number of hydrogen-bond donors (Lipinski definition) is 0. The molecule has 2 nitrogen and oxygen atoms in total. The van der Waals surface area contributed by atoms with Crippen molar-refractivity contribution in [3.8, 4) is 0 Å². The monoisotopic (exact) mass is 837 g/mol. The summed E-state index contributed by atoms with van der Waals surface area (Å²) < 4.78 is 43.7. The maximum absolute atomic E-state index is 9.87. The van der Waals surface area contributed by atoms with Crippen molar-refractivity contribution in [3.05, 3.63) is 307 Å². The third kappa shape index (κ3) is 7.12. The summed E-state index contributed by atoms with van der Waals surface area (Å²) in [5.74, 6) is 0. The molecule has 1 aliphatic rings. The third-order valence-corrected chi connectivity index (χ3v) is 12.4. The molecule has 1 aromatic heterocycles. The van der Waals surface area contributed by atoms with Crippen LogP contribution < -0.4 is 0 Å². The van der Waals surface area contributed by atoms with Gasteiger partial charge in [-0.15, -0.1) is 0 Å². The summed E-state index contributed by atoms with van der Waals surface area (Å²) in [5.41, 5.74) is 8.91. The zero-order valence-electron chi connectivity index (χ0n) is 39.8. The van der Waals surface area contributed by atoms with Gasteiger partial charge < -0.3 is 9.32 Å². The van der Waals surface area contributed by atoms with Gasteiger partial charge in [0.15, 0.2) is 0 Å². The smallest absolute Gasteiger partial charge is 0.143 e. The molecule has 10 rings (SSSR count). The van der Waals surface area contributed by atoms with E-state index in [0.29, 0.717) is 22.4 Å². The van der Waals surface area contributed by atoms with E-state index in [-0.39, 0.29) is 23.4 Å². The number of nitrogens with zero attached hydrogens (tertiary/aromatic N) is 1. The Balaban J connectivity index is 1.19. The molecule has 65 heavy (non-hydrogen) atoms. The van der Waals surface area contributed by atoms with Crippen LogP contribution in [0.5, 0.6) is 0 Å². The number of hydrogen-bond acceptors (Lipinski definition) is 2. The van der Waals surface area contributed by atoms with Crippen molar-refractivity contribution in [2.75, 3.05) is 0 Å². The van der Waals surface area contributed by atoms with Gasteiger partial charge in [0.1, 0.15) is 11.2 Å². The second-order valence-corrected chi connectivity index (χ2v) is 16.0. The van der Waals surface area contributed by atoms with Crippen LogP contribution in [0, 0.1) is 0 Å². The maximum atomic E-state index is 9.87. The molecule has 0 saturated carbocycles. The van der Waals surface area contributed by atoms with Crippen LogP contribution in [0.25, 0.3) is 60.7 Å². The first-order valence-electron chi connectivity index (χ1n) is 23.8. The van der Waals surface area contributed by atoms with E-state index in [1.165, 1.54) is 0 Å². The molecule has 0 unspecified atom stereocenters. The largest absolute Gasteiger partial charge is 0.455 e. The van der Waals surface area contributed by atoms with E-state index < -0.39 is 5.41 Å². The Bertz CT molecular complexity index is 3660. The van der Waals surface area contributed by atoms with E-state index in [0.717, 1.165) is 84.4 Å². The molecule has 0 atom stereocenters. The van der Waals surface area contributed by atoms with Gasteiger partial charge in [-0.2, -0.15) is 0 Å². The average molecular weight is 838 g/mol. The van der Waals surface area contributed by atoms with Crippen molar-refractivity contribution in [1.82, 2.24) is 4.90 Å². The zero-order chi connectivity index (χ0) is 47.5. The first kappa shape index (κ1) is 36.1. The highest BCUT2D eigenvalue weighted by Crippen LogP contribution is 2.55. The second-order valence-electron chi connectivity index (χ2n) is 16.0. The summed E-state index contributed by atoms with van der Waals surface area (Å²) in [6.07, 6.45) is 13.4. The Kier molecular flexibility index (Phi) is 9.64. The van der Waals surface area contributed by atoms with Gasteiger partial charge in [0.2, 0.25) is 0 Å². The van der Waals surface area contributed by atoms with Gasteiger partial charge in [-0.1, -0.05) is 220 Å². The van der Waals surface area contributed by atoms with Crippen LogP contribution in [0.15, 0.2) is 278 Å². The van der Waals surface area contributed by atoms with Gasteiger partial charge in [-0.25, -0.2) is 0 Å². The predicted octanol–water partition coefficient (Wildman–Crippen LogP) is 16.6. The number of rotatable bonds is 13. The number of fused-ring (bicyclic) bond motifs is 7. The lowest BCUT2D eigenvalue weighted by molar-refractivity contribution is 0.614. The molecule has 1 aliphatic carbocycles. The summed E-state index contributed by atoms with van der Waals surface area (Å²) in [7, 11) is 0. The highest BCUT2D eigenvalue weighted by molar-refractivity contribution is 6.11. The second kappa shape index (κ2) is 17.4. The Morgan fingerprint density at radius 3 is 2.02 bits per heavy atom. The van der Waals surface area contributed by atoms with Gasteiger partial charge in [0.25, 0.3) is 0 Å². The molecule has 8 aromatic carbocycles. The van der Waals surface area contributed by atoms with Gasteiger partial charge in [-0.05, 0) is 102 Å². The lowest BCUT2D eigenvalue weighted by Gasteiger charge is -2.35. The minimum Gasteiger partial charge on any atom is -0.455 e. The SMILES string of the molecule is [2H]C=C(/C([2H])=C(/[2H])C(=C[2H])N(/C=C/C1=C(C=C)c2ccccc2C1(c1ccccc1)c1ccccc1)C(/C=C/c1cc2ccccc2c2ccccc12)=C/C=C)c1cccc2c1oc1ccccc12. The minimum absolute atomic E-state index is 0.0924. The van der Waals surface area contributed by atoms with Crippen LogP contribution in [-0.2, 0) is 5.41 Å². The first-order valence-corrected chi connectivity index (χ1v) is 21.7. The molecule has 0 bridgehead atoms. The highest BCUT2D eigenvalue weighted by Gasteiger charge is 2.46.